The molecule has 0 unspecified atom stereocenters. The van der Waals surface area contributed by atoms with Gasteiger partial charge >= 0.3 is 0 Å². The number of nitrogens with zero attached hydrogens (tertiary/aromatic N) is 1. The molecule has 1 aromatic heterocycles. The molecule has 1 atom stereocenters. The molecular formula is C28H30FN3O4. The number of benzene rings is 2. The van der Waals surface area contributed by atoms with Crippen molar-refractivity contribution in [3.63, 3.8) is 0 Å². The highest BCUT2D eigenvalue weighted by atomic mass is 19.1. The molecule has 8 heteroatoms. The van der Waals surface area contributed by atoms with Crippen LogP contribution in [0.4, 0.5) is 10.1 Å². The second kappa shape index (κ2) is 11.7. The Morgan fingerprint density at radius 2 is 1.72 bits per heavy atom. The smallest absolute Gasteiger partial charge is 0.287 e. The van der Waals surface area contributed by atoms with Gasteiger partial charge in [0, 0.05) is 11.7 Å². The highest BCUT2D eigenvalue weighted by molar-refractivity contribution is 6.04. The van der Waals surface area contributed by atoms with E-state index in [1.807, 2.05) is 19.1 Å². The first-order valence-electron chi connectivity index (χ1n) is 12.2. The summed E-state index contributed by atoms with van der Waals surface area (Å²) in [4.78, 5) is 41.2. The van der Waals surface area contributed by atoms with Gasteiger partial charge in [0.25, 0.3) is 5.91 Å². The molecule has 1 aliphatic carbocycles. The number of halogens is 1. The Balaban J connectivity index is 1.68. The molecule has 0 bridgehead atoms. The summed E-state index contributed by atoms with van der Waals surface area (Å²) in [5.74, 6) is -1.73. The minimum atomic E-state index is -1.05. The van der Waals surface area contributed by atoms with Gasteiger partial charge in [-0.3, -0.25) is 19.3 Å². The van der Waals surface area contributed by atoms with Gasteiger partial charge in [-0.15, -0.1) is 0 Å². The summed E-state index contributed by atoms with van der Waals surface area (Å²) in [6, 6.07) is 14.8. The van der Waals surface area contributed by atoms with E-state index in [2.05, 4.69) is 10.6 Å². The topological polar surface area (TPSA) is 91.7 Å². The molecule has 1 saturated carbocycles. The molecule has 1 aliphatic rings. The molecule has 7 nitrogen and oxygen atoms in total. The summed E-state index contributed by atoms with van der Waals surface area (Å²) in [7, 11) is 0. The lowest BCUT2D eigenvalue weighted by Crippen LogP contribution is -2.50. The molecule has 1 fully saturated rings. The molecule has 188 valence electrons. The number of hydrogen-bond acceptors (Lipinski definition) is 4. The lowest BCUT2D eigenvalue weighted by atomic mass is 9.94. The number of furan rings is 1. The van der Waals surface area contributed by atoms with Crippen LogP contribution in [0.3, 0.4) is 0 Å². The molecule has 2 N–H and O–H groups in total. The summed E-state index contributed by atoms with van der Waals surface area (Å²) in [5, 5.41) is 5.69. The van der Waals surface area contributed by atoms with Crippen molar-refractivity contribution < 1.29 is 23.2 Å². The molecule has 4 rings (SSSR count). The van der Waals surface area contributed by atoms with E-state index in [9.17, 15) is 18.8 Å². The average molecular weight is 492 g/mol. The molecule has 0 radical (unpaired) electrons. The van der Waals surface area contributed by atoms with Gasteiger partial charge in [-0.05, 0) is 61.2 Å². The summed E-state index contributed by atoms with van der Waals surface area (Å²) < 4.78 is 18.9. The number of rotatable bonds is 8. The third-order valence-corrected chi connectivity index (χ3v) is 6.43. The van der Waals surface area contributed by atoms with Gasteiger partial charge in [-0.2, -0.15) is 0 Å². The molecule has 1 heterocycles. The minimum absolute atomic E-state index is 0.0154. The van der Waals surface area contributed by atoms with E-state index < -0.39 is 23.7 Å². The van der Waals surface area contributed by atoms with Gasteiger partial charge in [-0.1, -0.05) is 49.6 Å². The third-order valence-electron chi connectivity index (χ3n) is 6.43. The lowest BCUT2D eigenvalue weighted by Gasteiger charge is -2.34. The predicted molar refractivity (Wildman–Crippen MR) is 134 cm³/mol. The minimum Gasteiger partial charge on any atom is -0.459 e. The van der Waals surface area contributed by atoms with Crippen LogP contribution in [-0.2, 0) is 9.59 Å². The van der Waals surface area contributed by atoms with E-state index >= 15 is 0 Å². The van der Waals surface area contributed by atoms with Crippen LogP contribution >= 0.6 is 0 Å². The van der Waals surface area contributed by atoms with Crippen molar-refractivity contribution in [1.29, 1.82) is 0 Å². The van der Waals surface area contributed by atoms with Crippen LogP contribution in [-0.4, -0.2) is 30.3 Å². The zero-order valence-electron chi connectivity index (χ0n) is 20.2. The molecule has 36 heavy (non-hydrogen) atoms. The normalized spacial score (nSPS) is 14.6. The van der Waals surface area contributed by atoms with E-state index in [1.54, 1.807) is 18.2 Å². The van der Waals surface area contributed by atoms with Crippen molar-refractivity contribution in [1.82, 2.24) is 10.6 Å². The second-order valence-electron chi connectivity index (χ2n) is 9.01. The van der Waals surface area contributed by atoms with Crippen molar-refractivity contribution in [2.24, 2.45) is 0 Å². The Bertz CT molecular complexity index is 1190. The zero-order chi connectivity index (χ0) is 25.5. The van der Waals surface area contributed by atoms with Crippen LogP contribution < -0.4 is 15.5 Å². The Morgan fingerprint density at radius 3 is 2.39 bits per heavy atom. The highest BCUT2D eigenvalue weighted by Gasteiger charge is 2.35. The van der Waals surface area contributed by atoms with Crippen LogP contribution in [0.5, 0.6) is 0 Å². The number of carbonyl (C=O) groups excluding carboxylic acids is 3. The second-order valence-corrected chi connectivity index (χ2v) is 9.01. The van der Waals surface area contributed by atoms with Crippen molar-refractivity contribution in [2.75, 3.05) is 11.4 Å². The van der Waals surface area contributed by atoms with Crippen LogP contribution in [0.2, 0.25) is 0 Å². The lowest BCUT2D eigenvalue weighted by molar-refractivity contribution is -0.127. The van der Waals surface area contributed by atoms with Gasteiger partial charge in [0.05, 0.1) is 12.8 Å². The Morgan fingerprint density at radius 1 is 1.00 bits per heavy atom. The Kier molecular flexibility index (Phi) is 8.15. The average Bonchev–Trinajstić information content (AvgIpc) is 3.43. The van der Waals surface area contributed by atoms with Crippen LogP contribution in [0, 0.1) is 12.7 Å². The van der Waals surface area contributed by atoms with E-state index in [-0.39, 0.29) is 24.3 Å². The molecular weight excluding hydrogens is 461 g/mol. The van der Waals surface area contributed by atoms with Gasteiger partial charge in [0.15, 0.2) is 5.76 Å². The molecule has 0 saturated heterocycles. The fourth-order valence-electron chi connectivity index (χ4n) is 4.58. The summed E-state index contributed by atoms with van der Waals surface area (Å²) in [5.41, 5.74) is 1.78. The van der Waals surface area contributed by atoms with Crippen LogP contribution in [0.1, 0.15) is 59.8 Å². The summed E-state index contributed by atoms with van der Waals surface area (Å²) in [6.07, 6.45) is 6.32. The van der Waals surface area contributed by atoms with Gasteiger partial charge in [0.2, 0.25) is 11.8 Å². The molecule has 3 aromatic rings. The standard InChI is InChI=1S/C28H30FN3O4/c1-19-8-5-6-11-23(19)32(25(33)18-30-27(34)24-12-7-17-36-24)26(20-13-15-21(29)16-14-20)28(35)31-22-9-3-2-4-10-22/h5-8,11-17,22,26H,2-4,9-10,18H2,1H3,(H,30,34)(H,31,35)/t26-/m0/s1. The first-order chi connectivity index (χ1) is 17.4. The molecule has 0 aliphatic heterocycles. The monoisotopic (exact) mass is 491 g/mol. The number of carbonyl (C=O) groups is 3. The molecule has 2 aromatic carbocycles. The molecule has 3 amide bonds. The Labute approximate surface area is 209 Å². The summed E-state index contributed by atoms with van der Waals surface area (Å²) >= 11 is 0. The van der Waals surface area contributed by atoms with Gasteiger partial charge in [0.1, 0.15) is 11.9 Å². The SMILES string of the molecule is Cc1ccccc1N(C(=O)CNC(=O)c1ccco1)[C@H](C(=O)NC1CCCCC1)c1ccc(F)cc1. The number of para-hydroxylation sites is 1. The van der Waals surface area contributed by atoms with Crippen LogP contribution in [0.15, 0.2) is 71.3 Å². The van der Waals surface area contributed by atoms with Crippen LogP contribution in [0.25, 0.3) is 0 Å². The Hall–Kier alpha value is -3.94. The fraction of sp³-hybridized carbons (Fsp3) is 0.321. The maximum Gasteiger partial charge on any atom is 0.287 e. The maximum absolute atomic E-state index is 13.8. The van der Waals surface area contributed by atoms with Crippen molar-refractivity contribution in [3.8, 4) is 0 Å². The third kappa shape index (κ3) is 6.00. The first kappa shape index (κ1) is 25.2. The number of anilines is 1. The molecule has 0 spiro atoms. The van der Waals surface area contributed by atoms with E-state index in [0.29, 0.717) is 11.3 Å². The summed E-state index contributed by atoms with van der Waals surface area (Å²) in [6.45, 7) is 1.49. The van der Waals surface area contributed by atoms with E-state index in [0.717, 1.165) is 37.7 Å². The first-order valence-corrected chi connectivity index (χ1v) is 12.2. The number of aryl methyl sites for hydroxylation is 1. The number of nitrogens with one attached hydrogen (secondary N) is 2. The zero-order valence-corrected chi connectivity index (χ0v) is 20.2. The maximum atomic E-state index is 13.8. The fourth-order valence-corrected chi connectivity index (χ4v) is 4.58. The van der Waals surface area contributed by atoms with Crippen molar-refractivity contribution >= 4 is 23.4 Å². The van der Waals surface area contributed by atoms with Gasteiger partial charge in [-0.25, -0.2) is 4.39 Å². The van der Waals surface area contributed by atoms with Gasteiger partial charge < -0.3 is 15.1 Å². The van der Waals surface area contributed by atoms with Crippen molar-refractivity contribution in [2.45, 2.75) is 51.1 Å². The highest BCUT2D eigenvalue weighted by Crippen LogP contribution is 2.31. The predicted octanol–water partition coefficient (Wildman–Crippen LogP) is 4.68. The number of hydrogen-bond donors (Lipinski definition) is 2. The quantitative estimate of drug-likeness (QED) is 0.479. The van der Waals surface area contributed by atoms with Crippen molar-refractivity contribution in [3.05, 3.63) is 89.6 Å². The van der Waals surface area contributed by atoms with E-state index in [1.165, 1.54) is 41.5 Å². The number of amides is 3. The van der Waals surface area contributed by atoms with E-state index in [4.69, 9.17) is 4.42 Å². The largest absolute Gasteiger partial charge is 0.459 e.